The standard InChI is InChI=1S/C24H36N2O4/c1-8-25(9-2)13-14-26-20(17-11-10-12-18(15-17)30-16(3)4)19(21(27)23(26)29)22(28)24(5,6)7/h10-12,15-16,20,27H,8-9,13-14H2,1-7H3. The molecule has 166 valence electrons. The molecule has 0 aliphatic carbocycles. The second kappa shape index (κ2) is 9.65. The SMILES string of the molecule is CCN(CC)CCN1C(=O)C(O)=C(C(=O)C(C)(C)C)C1c1cccc(OC(C)C)c1. The molecule has 0 spiro atoms. The molecule has 1 N–H and O–H groups in total. The Bertz CT molecular complexity index is 804. The molecule has 6 heteroatoms. The summed E-state index contributed by atoms with van der Waals surface area (Å²) in [6, 6.07) is 6.82. The predicted octanol–water partition coefficient (Wildman–Crippen LogP) is 4.13. The molecule has 1 aliphatic rings. The summed E-state index contributed by atoms with van der Waals surface area (Å²) in [5.41, 5.74) is 0.217. The molecule has 0 aromatic heterocycles. The van der Waals surface area contributed by atoms with Crippen LogP contribution in [0.15, 0.2) is 35.6 Å². The van der Waals surface area contributed by atoms with Crippen molar-refractivity contribution in [3.63, 3.8) is 0 Å². The lowest BCUT2D eigenvalue weighted by Crippen LogP contribution is -2.39. The number of likely N-dealkylation sites (N-methyl/N-ethyl adjacent to an activating group) is 1. The highest BCUT2D eigenvalue weighted by Crippen LogP contribution is 2.41. The van der Waals surface area contributed by atoms with Gasteiger partial charge in [-0.25, -0.2) is 0 Å². The summed E-state index contributed by atoms with van der Waals surface area (Å²) >= 11 is 0. The molecular formula is C24H36N2O4. The molecule has 0 saturated heterocycles. The number of nitrogens with zero attached hydrogens (tertiary/aromatic N) is 2. The van der Waals surface area contributed by atoms with E-state index in [2.05, 4.69) is 18.7 Å². The zero-order valence-electron chi connectivity index (χ0n) is 19.4. The number of ether oxygens (including phenoxy) is 1. The van der Waals surface area contributed by atoms with Gasteiger partial charge in [-0.2, -0.15) is 0 Å². The van der Waals surface area contributed by atoms with Crippen LogP contribution in [0.2, 0.25) is 0 Å². The van der Waals surface area contributed by atoms with Crippen molar-refractivity contribution in [2.75, 3.05) is 26.2 Å². The first-order valence-corrected chi connectivity index (χ1v) is 10.8. The van der Waals surface area contributed by atoms with Gasteiger partial charge in [0.15, 0.2) is 11.5 Å². The minimum atomic E-state index is -0.719. The monoisotopic (exact) mass is 416 g/mol. The van der Waals surface area contributed by atoms with E-state index in [1.165, 1.54) is 0 Å². The maximum absolute atomic E-state index is 13.2. The van der Waals surface area contributed by atoms with Gasteiger partial charge in [0.25, 0.3) is 5.91 Å². The Kier molecular flexibility index (Phi) is 7.70. The molecule has 1 heterocycles. The molecule has 0 radical (unpaired) electrons. The van der Waals surface area contributed by atoms with Crippen LogP contribution in [0.25, 0.3) is 0 Å². The van der Waals surface area contributed by atoms with E-state index in [0.717, 1.165) is 18.7 Å². The zero-order valence-corrected chi connectivity index (χ0v) is 19.4. The zero-order chi connectivity index (χ0) is 22.6. The molecule has 30 heavy (non-hydrogen) atoms. The maximum Gasteiger partial charge on any atom is 0.290 e. The molecule has 1 aromatic rings. The molecule has 0 fully saturated rings. The van der Waals surface area contributed by atoms with Crippen molar-refractivity contribution < 1.29 is 19.4 Å². The number of rotatable bonds is 9. The van der Waals surface area contributed by atoms with Gasteiger partial charge < -0.3 is 19.6 Å². The fourth-order valence-corrected chi connectivity index (χ4v) is 3.69. The molecule has 0 saturated carbocycles. The number of carbonyl (C=O) groups is 2. The molecule has 2 rings (SSSR count). The summed E-state index contributed by atoms with van der Waals surface area (Å²) < 4.78 is 5.82. The van der Waals surface area contributed by atoms with Gasteiger partial charge in [-0.15, -0.1) is 0 Å². The van der Waals surface area contributed by atoms with E-state index in [4.69, 9.17) is 4.74 Å². The van der Waals surface area contributed by atoms with Crippen molar-refractivity contribution >= 4 is 11.7 Å². The first kappa shape index (κ1) is 23.9. The van der Waals surface area contributed by atoms with Crippen LogP contribution in [0.5, 0.6) is 5.75 Å². The number of amides is 1. The van der Waals surface area contributed by atoms with Crippen LogP contribution in [0, 0.1) is 5.41 Å². The summed E-state index contributed by atoms with van der Waals surface area (Å²) in [5, 5.41) is 10.7. The van der Waals surface area contributed by atoms with Gasteiger partial charge in [0.1, 0.15) is 5.75 Å². The smallest absolute Gasteiger partial charge is 0.290 e. The van der Waals surface area contributed by atoms with Crippen LogP contribution in [0.1, 0.15) is 60.1 Å². The summed E-state index contributed by atoms with van der Waals surface area (Å²) in [4.78, 5) is 30.0. The van der Waals surface area contributed by atoms with Crippen LogP contribution in [-0.2, 0) is 9.59 Å². The number of hydrogen-bond donors (Lipinski definition) is 1. The minimum Gasteiger partial charge on any atom is -0.503 e. The number of aliphatic hydroxyl groups excluding tert-OH is 1. The largest absolute Gasteiger partial charge is 0.503 e. The van der Waals surface area contributed by atoms with E-state index in [0.29, 0.717) is 18.8 Å². The second-order valence-corrected chi connectivity index (χ2v) is 9.01. The maximum atomic E-state index is 13.2. The van der Waals surface area contributed by atoms with Crippen LogP contribution in [-0.4, -0.2) is 58.9 Å². The van der Waals surface area contributed by atoms with E-state index in [-0.39, 0.29) is 17.5 Å². The third-order valence-corrected chi connectivity index (χ3v) is 5.33. The van der Waals surface area contributed by atoms with Gasteiger partial charge in [0.2, 0.25) is 0 Å². The quantitative estimate of drug-likeness (QED) is 0.656. The van der Waals surface area contributed by atoms with Gasteiger partial charge in [-0.05, 0) is 44.6 Å². The lowest BCUT2D eigenvalue weighted by molar-refractivity contribution is -0.129. The van der Waals surface area contributed by atoms with Gasteiger partial charge >= 0.3 is 0 Å². The fraction of sp³-hybridized carbons (Fsp3) is 0.583. The Morgan fingerprint density at radius 3 is 2.40 bits per heavy atom. The molecule has 6 nitrogen and oxygen atoms in total. The Morgan fingerprint density at radius 1 is 1.23 bits per heavy atom. The van der Waals surface area contributed by atoms with E-state index < -0.39 is 23.1 Å². The Morgan fingerprint density at radius 2 is 1.87 bits per heavy atom. The molecule has 1 amide bonds. The molecule has 1 unspecified atom stereocenters. The average molecular weight is 417 g/mol. The van der Waals surface area contributed by atoms with Crippen molar-refractivity contribution in [1.82, 2.24) is 9.80 Å². The highest BCUT2D eigenvalue weighted by Gasteiger charge is 2.45. The summed E-state index contributed by atoms with van der Waals surface area (Å²) in [5.74, 6) is -0.476. The lowest BCUT2D eigenvalue weighted by atomic mass is 9.82. The fourth-order valence-electron chi connectivity index (χ4n) is 3.69. The highest BCUT2D eigenvalue weighted by molar-refractivity contribution is 6.10. The number of carbonyl (C=O) groups excluding carboxylic acids is 2. The van der Waals surface area contributed by atoms with Gasteiger partial charge in [0, 0.05) is 18.5 Å². The van der Waals surface area contributed by atoms with Crippen molar-refractivity contribution in [3.05, 3.63) is 41.2 Å². The normalized spacial score (nSPS) is 17.4. The first-order valence-electron chi connectivity index (χ1n) is 10.8. The number of hydrogen-bond acceptors (Lipinski definition) is 5. The van der Waals surface area contributed by atoms with Crippen molar-refractivity contribution in [1.29, 1.82) is 0 Å². The van der Waals surface area contributed by atoms with Crippen molar-refractivity contribution in [2.45, 2.75) is 60.6 Å². The average Bonchev–Trinajstić information content (AvgIpc) is 2.92. The Balaban J connectivity index is 2.51. The number of aliphatic hydroxyl groups is 1. The minimum absolute atomic E-state index is 0.00357. The highest BCUT2D eigenvalue weighted by atomic mass is 16.5. The van der Waals surface area contributed by atoms with E-state index in [9.17, 15) is 14.7 Å². The van der Waals surface area contributed by atoms with Gasteiger partial charge in [0.05, 0.1) is 17.7 Å². The van der Waals surface area contributed by atoms with Gasteiger partial charge in [-0.3, -0.25) is 9.59 Å². The second-order valence-electron chi connectivity index (χ2n) is 9.01. The molecule has 1 aliphatic heterocycles. The molecule has 0 bridgehead atoms. The summed E-state index contributed by atoms with van der Waals surface area (Å²) in [6.07, 6.45) is 0.00357. The van der Waals surface area contributed by atoms with Crippen molar-refractivity contribution in [3.8, 4) is 5.75 Å². The van der Waals surface area contributed by atoms with E-state index >= 15 is 0 Å². The number of ketones is 1. The third kappa shape index (κ3) is 5.22. The molecular weight excluding hydrogens is 380 g/mol. The summed E-state index contributed by atoms with van der Waals surface area (Å²) in [6.45, 7) is 16.3. The lowest BCUT2D eigenvalue weighted by Gasteiger charge is -2.31. The van der Waals surface area contributed by atoms with Crippen LogP contribution < -0.4 is 4.74 Å². The number of benzene rings is 1. The molecule has 1 aromatic carbocycles. The van der Waals surface area contributed by atoms with Crippen LogP contribution in [0.4, 0.5) is 0 Å². The summed E-state index contributed by atoms with van der Waals surface area (Å²) in [7, 11) is 0. The first-order chi connectivity index (χ1) is 14.0. The van der Waals surface area contributed by atoms with Gasteiger partial charge in [-0.1, -0.05) is 46.8 Å². The topological polar surface area (TPSA) is 70.1 Å². The van der Waals surface area contributed by atoms with Crippen molar-refractivity contribution in [2.24, 2.45) is 5.41 Å². The Hall–Kier alpha value is -2.34. The van der Waals surface area contributed by atoms with Crippen LogP contribution in [0.3, 0.4) is 0 Å². The third-order valence-electron chi connectivity index (χ3n) is 5.33. The molecule has 1 atom stereocenters. The van der Waals surface area contributed by atoms with E-state index in [1.807, 2.05) is 38.1 Å². The number of Topliss-reactive ketones (excluding diaryl/α,β-unsaturated/α-hetero) is 1. The van der Waals surface area contributed by atoms with Crippen LogP contribution >= 0.6 is 0 Å². The van der Waals surface area contributed by atoms with E-state index in [1.54, 1.807) is 25.7 Å². The predicted molar refractivity (Wildman–Crippen MR) is 119 cm³/mol. The Labute approximate surface area is 180 Å².